The van der Waals surface area contributed by atoms with Gasteiger partial charge in [-0.3, -0.25) is 9.36 Å². The third-order valence-electron chi connectivity index (χ3n) is 7.24. The van der Waals surface area contributed by atoms with Crippen LogP contribution in [0.3, 0.4) is 0 Å². The van der Waals surface area contributed by atoms with Crippen molar-refractivity contribution in [2.45, 2.75) is 63.9 Å². The molecule has 2 aromatic heterocycles. The minimum absolute atomic E-state index is 0.307. The van der Waals surface area contributed by atoms with Gasteiger partial charge in [0.1, 0.15) is 29.3 Å². The molecule has 0 bridgehead atoms. The molecule has 0 amide bonds. The van der Waals surface area contributed by atoms with Gasteiger partial charge in [-0.2, -0.15) is 0 Å². The van der Waals surface area contributed by atoms with Crippen LogP contribution < -0.4 is 14.9 Å². The molecule has 0 aliphatic carbocycles. The summed E-state index contributed by atoms with van der Waals surface area (Å²) in [5, 5.41) is 18.8. The molecule has 12 nitrogen and oxygen atoms in total. The molecule has 0 spiro atoms. The summed E-state index contributed by atoms with van der Waals surface area (Å²) in [5.74, 6) is 0.365. The van der Waals surface area contributed by atoms with Crippen LogP contribution in [0, 0.1) is 6.92 Å². The molecule has 1 aliphatic heterocycles. The van der Waals surface area contributed by atoms with E-state index in [1.807, 2.05) is 30.3 Å². The number of aliphatic hydroxyl groups excluding tert-OH is 1. The van der Waals surface area contributed by atoms with Crippen LogP contribution in [-0.4, -0.2) is 80.2 Å². The molecule has 16 heteroatoms. The topological polar surface area (TPSA) is 142 Å². The lowest BCUT2D eigenvalue weighted by Crippen LogP contribution is -2.48. The lowest BCUT2D eigenvalue weighted by atomic mass is 9.99. The smallest absolute Gasteiger partial charge is 0.323 e. The Labute approximate surface area is 269 Å². The van der Waals surface area contributed by atoms with E-state index in [0.717, 1.165) is 10.8 Å². The summed E-state index contributed by atoms with van der Waals surface area (Å²) < 4.78 is 41.3. The van der Waals surface area contributed by atoms with E-state index in [1.54, 1.807) is 46.9 Å². The number of alkyl halides is 2. The number of aryl methyl sites for hydroxylation is 1. The minimum atomic E-state index is -3.63. The Bertz CT molecular complexity index is 1740. The van der Waals surface area contributed by atoms with E-state index in [0.29, 0.717) is 28.6 Å². The Hall–Kier alpha value is -2.97. The van der Waals surface area contributed by atoms with E-state index in [1.165, 1.54) is 10.9 Å². The van der Waals surface area contributed by atoms with Crippen molar-refractivity contribution in [2.24, 2.45) is 0 Å². The van der Waals surface area contributed by atoms with Gasteiger partial charge in [0.05, 0.1) is 24.9 Å². The molecular formula is C29H35ClFN6O6PS. The molecule has 3 heterocycles. The van der Waals surface area contributed by atoms with Crippen molar-refractivity contribution in [3.05, 3.63) is 54.6 Å². The predicted octanol–water partition coefficient (Wildman–Crippen LogP) is 4.78. The summed E-state index contributed by atoms with van der Waals surface area (Å²) in [6, 6.07) is 12.0. The summed E-state index contributed by atoms with van der Waals surface area (Å²) in [6.07, 6.45) is -4.02. The summed E-state index contributed by atoms with van der Waals surface area (Å²) in [4.78, 5) is 25.8. The Morgan fingerprint density at radius 1 is 1.24 bits per heavy atom. The number of ether oxygens (including phenoxy) is 2. The molecule has 0 unspecified atom stereocenters. The third-order valence-corrected chi connectivity index (χ3v) is 10.2. The average Bonchev–Trinajstić information content (AvgIpc) is 3.54. The van der Waals surface area contributed by atoms with E-state index in [9.17, 15) is 9.90 Å². The molecule has 3 N–H and O–H groups in total. The Kier molecular flexibility index (Phi) is 9.95. The third kappa shape index (κ3) is 6.78. The van der Waals surface area contributed by atoms with Crippen LogP contribution in [0.15, 0.2) is 48.8 Å². The number of nitrogens with one attached hydrogen (secondary N) is 2. The fraction of sp³-hybridized carbons (Fsp3) is 0.448. The zero-order chi connectivity index (χ0) is 32.5. The highest BCUT2D eigenvalue weighted by atomic mass is 35.5. The molecule has 1 aliphatic rings. The summed E-state index contributed by atoms with van der Waals surface area (Å²) in [7, 11) is 1.69. The summed E-state index contributed by atoms with van der Waals surface area (Å²) >= 11 is 12.3. The number of aliphatic hydroxyl groups is 1. The van der Waals surface area contributed by atoms with Gasteiger partial charge in [0.25, 0.3) is 0 Å². The molecule has 0 radical (unpaired) electrons. The van der Waals surface area contributed by atoms with Crippen molar-refractivity contribution < 1.29 is 32.8 Å². The van der Waals surface area contributed by atoms with Crippen LogP contribution in [0.1, 0.15) is 32.8 Å². The van der Waals surface area contributed by atoms with Gasteiger partial charge in [-0.1, -0.05) is 36.4 Å². The van der Waals surface area contributed by atoms with E-state index in [-0.39, 0.29) is 12.0 Å². The van der Waals surface area contributed by atoms with Gasteiger partial charge in [-0.15, -0.1) is 11.6 Å². The lowest BCUT2D eigenvalue weighted by molar-refractivity contribution is -0.149. The fourth-order valence-electron chi connectivity index (χ4n) is 5.00. The van der Waals surface area contributed by atoms with Crippen molar-refractivity contribution in [1.82, 2.24) is 24.6 Å². The van der Waals surface area contributed by atoms with E-state index < -0.39 is 49.4 Å². The normalized spacial score (nSPS) is 23.7. The first kappa shape index (κ1) is 33.4. The quantitative estimate of drug-likeness (QED) is 0.108. The largest absolute Gasteiger partial charge is 0.462 e. The van der Waals surface area contributed by atoms with Gasteiger partial charge < -0.3 is 28.9 Å². The first-order valence-corrected chi connectivity index (χ1v) is 17.4. The van der Waals surface area contributed by atoms with Crippen LogP contribution >= 0.6 is 18.2 Å². The second kappa shape index (κ2) is 13.4. The average molecular weight is 681 g/mol. The maximum absolute atomic E-state index is 15.9. The highest BCUT2D eigenvalue weighted by Gasteiger charge is 2.57. The monoisotopic (exact) mass is 680 g/mol. The Morgan fingerprint density at radius 2 is 1.98 bits per heavy atom. The number of carbonyl (C=O) groups excluding carboxylic acids is 1. The lowest BCUT2D eigenvalue weighted by Gasteiger charge is -2.33. The standard InChI is InChI=1S/C29H35ClFN6O6PS/c1-16(2)41-28(39)17(3)36-44(45,43-21-12-8-10-19-9-6-7-11-20(19)21)40-14-29(13-30)24(38)22(31)27(42-29)37-15-33-23-25(32-5)34-18(4)35-26(23)37/h6-12,15-17,22,24,27,38H,13-14H2,1-5H3,(H,36,45)(H,32,34,35)/t17-,22+,24+,27-,29-,44-/m1/s1. The number of anilines is 1. The van der Waals surface area contributed by atoms with Gasteiger partial charge in [-0.25, -0.2) is 24.4 Å². The number of hydrogen-bond acceptors (Lipinski definition) is 11. The Morgan fingerprint density at radius 3 is 2.69 bits per heavy atom. The van der Waals surface area contributed by atoms with Crippen LogP contribution in [0.25, 0.3) is 21.9 Å². The molecule has 0 saturated carbocycles. The van der Waals surface area contributed by atoms with Crippen LogP contribution in [-0.2, 0) is 30.6 Å². The van der Waals surface area contributed by atoms with Gasteiger partial charge in [0, 0.05) is 12.4 Å². The van der Waals surface area contributed by atoms with Gasteiger partial charge >= 0.3 is 12.6 Å². The predicted molar refractivity (Wildman–Crippen MR) is 173 cm³/mol. The molecule has 1 fully saturated rings. The number of imidazole rings is 1. The van der Waals surface area contributed by atoms with Gasteiger partial charge in [0.15, 0.2) is 29.4 Å². The van der Waals surface area contributed by atoms with Crippen LogP contribution in [0.2, 0.25) is 0 Å². The molecule has 5 rings (SSSR count). The number of hydrogen-bond donors (Lipinski definition) is 3. The number of carbonyl (C=O) groups is 1. The molecule has 2 aromatic carbocycles. The molecule has 6 atom stereocenters. The number of esters is 1. The maximum atomic E-state index is 15.9. The van der Waals surface area contributed by atoms with Crippen molar-refractivity contribution >= 4 is 63.8 Å². The molecular weight excluding hydrogens is 646 g/mol. The van der Waals surface area contributed by atoms with Crippen molar-refractivity contribution in [3.8, 4) is 5.75 Å². The fourth-order valence-corrected chi connectivity index (χ4v) is 7.74. The van der Waals surface area contributed by atoms with Crippen molar-refractivity contribution in [1.29, 1.82) is 0 Å². The maximum Gasteiger partial charge on any atom is 0.323 e. The van der Waals surface area contributed by atoms with Crippen LogP contribution in [0.5, 0.6) is 5.75 Å². The summed E-state index contributed by atoms with van der Waals surface area (Å²) in [5.41, 5.74) is -1.05. The van der Waals surface area contributed by atoms with E-state index in [2.05, 4.69) is 25.4 Å². The summed E-state index contributed by atoms with van der Waals surface area (Å²) in [6.45, 7) is 2.62. The zero-order valence-corrected chi connectivity index (χ0v) is 27.8. The number of nitrogens with zero attached hydrogens (tertiary/aromatic N) is 4. The van der Waals surface area contributed by atoms with Crippen molar-refractivity contribution in [3.63, 3.8) is 0 Å². The second-order valence-electron chi connectivity index (χ2n) is 11.0. The number of rotatable bonds is 12. The molecule has 4 aromatic rings. The minimum Gasteiger partial charge on any atom is -0.462 e. The zero-order valence-electron chi connectivity index (χ0n) is 25.3. The number of fused-ring (bicyclic) bond motifs is 2. The first-order valence-electron chi connectivity index (χ1n) is 14.3. The number of benzene rings is 2. The Balaban J connectivity index is 1.45. The molecule has 1 saturated heterocycles. The number of halogens is 2. The number of aromatic nitrogens is 4. The van der Waals surface area contributed by atoms with Crippen molar-refractivity contribution in [2.75, 3.05) is 24.9 Å². The first-order chi connectivity index (χ1) is 21.4. The highest BCUT2D eigenvalue weighted by molar-refractivity contribution is 8.09. The van der Waals surface area contributed by atoms with Crippen LogP contribution in [0.4, 0.5) is 10.2 Å². The van der Waals surface area contributed by atoms with Gasteiger partial charge in [-0.05, 0) is 51.0 Å². The molecule has 242 valence electrons. The highest BCUT2D eigenvalue weighted by Crippen LogP contribution is 2.50. The SMILES string of the molecule is CNc1nc(C)nc2c1ncn2[C@@H]1O[C@](CCl)(CO[P@](=S)(N[C@H](C)C(=O)OC(C)C)Oc2cccc3ccccc23)[C@@H](O)[C@@H]1F. The van der Waals surface area contributed by atoms with Gasteiger partial charge in [0.2, 0.25) is 0 Å². The van der Waals surface area contributed by atoms with E-state index >= 15 is 4.39 Å². The van der Waals surface area contributed by atoms with E-state index in [4.69, 9.17) is 41.9 Å². The molecule has 45 heavy (non-hydrogen) atoms. The second-order valence-corrected chi connectivity index (χ2v) is 14.4.